The van der Waals surface area contributed by atoms with Crippen LogP contribution in [-0.4, -0.2) is 4.98 Å². The highest BCUT2D eigenvalue weighted by Crippen LogP contribution is 2.31. The summed E-state index contributed by atoms with van der Waals surface area (Å²) in [6.07, 6.45) is -4.52. The molecule has 1 N–H and O–H groups in total. The lowest BCUT2D eigenvalue weighted by Gasteiger charge is -2.03. The molecular weight excluding hydrogens is 241 g/mol. The normalized spacial score (nSPS) is 11.8. The van der Waals surface area contributed by atoms with Crippen LogP contribution in [0.5, 0.6) is 0 Å². The van der Waals surface area contributed by atoms with Gasteiger partial charge in [0.05, 0.1) is 0 Å². The van der Waals surface area contributed by atoms with Crippen LogP contribution in [-0.2, 0) is 6.18 Å². The number of benzene rings is 1. The van der Waals surface area contributed by atoms with Gasteiger partial charge in [-0.15, -0.1) is 0 Å². The minimum absolute atomic E-state index is 0.0465. The number of aromatic nitrogens is 1. The summed E-state index contributed by atoms with van der Waals surface area (Å²) in [6, 6.07) is 4.57. The van der Waals surface area contributed by atoms with Crippen LogP contribution in [0.1, 0.15) is 5.69 Å². The lowest BCUT2D eigenvalue weighted by molar-refractivity contribution is -0.140. The Bertz CT molecular complexity index is 541. The molecule has 0 atom stereocenters. The number of aromatic amines is 1. The van der Waals surface area contributed by atoms with Crippen molar-refractivity contribution in [3.8, 4) is 11.3 Å². The molecule has 1 heterocycles. The van der Waals surface area contributed by atoms with E-state index in [1.165, 1.54) is 0 Å². The van der Waals surface area contributed by atoms with E-state index in [0.717, 1.165) is 24.3 Å². The molecule has 17 heavy (non-hydrogen) atoms. The van der Waals surface area contributed by atoms with Crippen LogP contribution in [0, 0.1) is 11.6 Å². The minimum atomic E-state index is -4.52. The largest absolute Gasteiger partial charge is 0.431 e. The van der Waals surface area contributed by atoms with Crippen molar-refractivity contribution in [2.24, 2.45) is 0 Å². The van der Waals surface area contributed by atoms with Crippen LogP contribution in [0.4, 0.5) is 22.0 Å². The van der Waals surface area contributed by atoms with E-state index in [4.69, 9.17) is 0 Å². The molecule has 0 aliphatic rings. The number of H-pyrrole nitrogens is 1. The first-order valence-corrected chi connectivity index (χ1v) is 4.59. The van der Waals surface area contributed by atoms with Gasteiger partial charge in [0.15, 0.2) is 0 Å². The molecule has 0 aliphatic carbocycles. The van der Waals surface area contributed by atoms with Gasteiger partial charge in [0.1, 0.15) is 17.3 Å². The van der Waals surface area contributed by atoms with Gasteiger partial charge in [-0.1, -0.05) is 0 Å². The summed E-state index contributed by atoms with van der Waals surface area (Å²) < 4.78 is 62.8. The van der Waals surface area contributed by atoms with E-state index in [9.17, 15) is 22.0 Å². The van der Waals surface area contributed by atoms with E-state index in [0.29, 0.717) is 6.07 Å². The van der Waals surface area contributed by atoms with Gasteiger partial charge in [-0.3, -0.25) is 0 Å². The summed E-state index contributed by atoms with van der Waals surface area (Å²) in [5.41, 5.74) is -1.13. The van der Waals surface area contributed by atoms with Gasteiger partial charge < -0.3 is 4.98 Å². The van der Waals surface area contributed by atoms with Crippen molar-refractivity contribution in [1.82, 2.24) is 4.98 Å². The Hall–Kier alpha value is -1.85. The van der Waals surface area contributed by atoms with Crippen molar-refractivity contribution in [3.05, 3.63) is 47.7 Å². The molecule has 6 heteroatoms. The molecule has 0 spiro atoms. The fraction of sp³-hybridized carbons (Fsp3) is 0.0909. The lowest BCUT2D eigenvalue weighted by atomic mass is 10.1. The average Bonchev–Trinajstić information content (AvgIpc) is 2.65. The van der Waals surface area contributed by atoms with Crippen LogP contribution >= 0.6 is 0 Å². The van der Waals surface area contributed by atoms with Gasteiger partial charge in [0.25, 0.3) is 0 Å². The Labute approximate surface area is 92.9 Å². The van der Waals surface area contributed by atoms with Crippen molar-refractivity contribution >= 4 is 0 Å². The fourth-order valence-electron chi connectivity index (χ4n) is 1.43. The summed E-state index contributed by atoms with van der Waals surface area (Å²) in [6.45, 7) is 0. The summed E-state index contributed by atoms with van der Waals surface area (Å²) in [5, 5.41) is 0. The number of nitrogens with one attached hydrogen (secondary N) is 1. The molecule has 2 aromatic rings. The van der Waals surface area contributed by atoms with E-state index in [2.05, 4.69) is 0 Å². The van der Waals surface area contributed by atoms with Crippen molar-refractivity contribution in [2.75, 3.05) is 0 Å². The van der Waals surface area contributed by atoms with Gasteiger partial charge in [0.2, 0.25) is 0 Å². The van der Waals surface area contributed by atoms with Gasteiger partial charge in [0, 0.05) is 17.3 Å². The maximum Gasteiger partial charge on any atom is 0.431 e. The molecular formula is C11H6F5N. The van der Waals surface area contributed by atoms with Crippen molar-refractivity contribution < 1.29 is 22.0 Å². The summed E-state index contributed by atoms with van der Waals surface area (Å²) >= 11 is 0. The monoisotopic (exact) mass is 247 g/mol. The highest BCUT2D eigenvalue weighted by molar-refractivity contribution is 5.60. The molecule has 0 radical (unpaired) electrons. The Morgan fingerprint density at radius 3 is 2.18 bits per heavy atom. The van der Waals surface area contributed by atoms with Crippen molar-refractivity contribution in [2.45, 2.75) is 6.18 Å². The van der Waals surface area contributed by atoms with Crippen LogP contribution in [0.15, 0.2) is 30.3 Å². The number of halogens is 5. The molecule has 0 amide bonds. The minimum Gasteiger partial charge on any atom is -0.351 e. The van der Waals surface area contributed by atoms with Crippen molar-refractivity contribution in [1.29, 1.82) is 0 Å². The quantitative estimate of drug-likeness (QED) is 0.733. The summed E-state index contributed by atoms with van der Waals surface area (Å²) in [7, 11) is 0. The molecule has 90 valence electrons. The Kier molecular flexibility index (Phi) is 2.65. The number of rotatable bonds is 1. The van der Waals surface area contributed by atoms with E-state index in [1.807, 2.05) is 4.98 Å². The Morgan fingerprint density at radius 2 is 1.65 bits per heavy atom. The second-order valence-electron chi connectivity index (χ2n) is 3.41. The second kappa shape index (κ2) is 3.87. The van der Waals surface area contributed by atoms with E-state index in [1.54, 1.807) is 0 Å². The molecule has 1 nitrogen and oxygen atoms in total. The first-order valence-electron chi connectivity index (χ1n) is 4.59. The third-order valence-electron chi connectivity index (χ3n) is 2.21. The van der Waals surface area contributed by atoms with Gasteiger partial charge >= 0.3 is 6.18 Å². The number of hydrogen-bond acceptors (Lipinski definition) is 0. The zero-order valence-electron chi connectivity index (χ0n) is 8.28. The highest BCUT2D eigenvalue weighted by Gasteiger charge is 2.32. The van der Waals surface area contributed by atoms with E-state index >= 15 is 0 Å². The number of hydrogen-bond donors (Lipinski definition) is 1. The van der Waals surface area contributed by atoms with E-state index in [-0.39, 0.29) is 11.3 Å². The van der Waals surface area contributed by atoms with E-state index < -0.39 is 23.5 Å². The molecule has 0 saturated carbocycles. The number of alkyl halides is 3. The molecule has 0 fully saturated rings. The predicted octanol–water partition coefficient (Wildman–Crippen LogP) is 3.98. The average molecular weight is 247 g/mol. The van der Waals surface area contributed by atoms with Crippen molar-refractivity contribution in [3.63, 3.8) is 0 Å². The van der Waals surface area contributed by atoms with Gasteiger partial charge in [-0.25, -0.2) is 8.78 Å². The standard InChI is InChI=1S/C11H6F5N/c12-6-1-2-7(8(13)5-6)9-3-4-10(17-9)11(14,15)16/h1-5,17H. The molecule has 1 aromatic carbocycles. The molecule has 0 saturated heterocycles. The highest BCUT2D eigenvalue weighted by atomic mass is 19.4. The van der Waals surface area contributed by atoms with Crippen LogP contribution in [0.2, 0.25) is 0 Å². The maximum absolute atomic E-state index is 13.3. The Morgan fingerprint density at radius 1 is 0.941 bits per heavy atom. The SMILES string of the molecule is Fc1ccc(-c2ccc(C(F)(F)F)[nH]2)c(F)c1. The topological polar surface area (TPSA) is 15.8 Å². The van der Waals surface area contributed by atoms with Gasteiger partial charge in [-0.2, -0.15) is 13.2 Å². The zero-order chi connectivity index (χ0) is 12.6. The molecule has 1 aromatic heterocycles. The molecule has 0 aliphatic heterocycles. The van der Waals surface area contributed by atoms with Gasteiger partial charge in [-0.05, 0) is 24.3 Å². The van der Waals surface area contributed by atoms with Crippen LogP contribution in [0.3, 0.4) is 0 Å². The Balaban J connectivity index is 2.44. The lowest BCUT2D eigenvalue weighted by Crippen LogP contribution is -2.04. The first kappa shape index (κ1) is 11.6. The second-order valence-corrected chi connectivity index (χ2v) is 3.41. The first-order chi connectivity index (χ1) is 7.88. The third kappa shape index (κ3) is 2.30. The molecule has 0 unspecified atom stereocenters. The summed E-state index contributed by atoms with van der Waals surface area (Å²) in [4.78, 5) is 2.04. The molecule has 2 rings (SSSR count). The predicted molar refractivity (Wildman–Crippen MR) is 51.1 cm³/mol. The zero-order valence-corrected chi connectivity index (χ0v) is 8.28. The third-order valence-corrected chi connectivity index (χ3v) is 2.21. The summed E-state index contributed by atoms with van der Waals surface area (Å²) in [5.74, 6) is -1.70. The van der Waals surface area contributed by atoms with Crippen LogP contribution < -0.4 is 0 Å². The maximum atomic E-state index is 13.3. The van der Waals surface area contributed by atoms with Crippen LogP contribution in [0.25, 0.3) is 11.3 Å². The fourth-order valence-corrected chi connectivity index (χ4v) is 1.43. The molecule has 0 bridgehead atoms. The smallest absolute Gasteiger partial charge is 0.351 e.